The zero-order valence-corrected chi connectivity index (χ0v) is 14.4. The van der Waals surface area contributed by atoms with Gasteiger partial charge in [0.05, 0.1) is 11.5 Å². The zero-order chi connectivity index (χ0) is 17.0. The highest BCUT2D eigenvalue weighted by atomic mass is 35.5. The van der Waals surface area contributed by atoms with Crippen molar-refractivity contribution in [3.63, 3.8) is 0 Å². The molecule has 0 spiro atoms. The molecule has 0 radical (unpaired) electrons. The predicted octanol–water partition coefficient (Wildman–Crippen LogP) is 0.644. The second-order valence-corrected chi connectivity index (χ2v) is 8.27. The maximum Gasteiger partial charge on any atom is 0.311 e. The number of amides is 2. The molecule has 1 aromatic rings. The molecule has 1 aliphatic heterocycles. The predicted molar refractivity (Wildman–Crippen MR) is 88.0 cm³/mol. The Morgan fingerprint density at radius 3 is 2.74 bits per heavy atom. The molecular formula is C15H19ClN2O4S. The molecular weight excluding hydrogens is 340 g/mol. The first kappa shape index (κ1) is 17.7. The van der Waals surface area contributed by atoms with Crippen LogP contribution in [0.2, 0.25) is 5.02 Å². The van der Waals surface area contributed by atoms with E-state index in [0.29, 0.717) is 24.4 Å². The third-order valence-electron chi connectivity index (χ3n) is 3.86. The molecule has 2 rings (SSSR count). The van der Waals surface area contributed by atoms with Crippen molar-refractivity contribution in [1.29, 1.82) is 0 Å². The third kappa shape index (κ3) is 4.94. The minimum Gasteiger partial charge on any atom is -0.347 e. The van der Waals surface area contributed by atoms with Gasteiger partial charge >= 0.3 is 11.8 Å². The summed E-state index contributed by atoms with van der Waals surface area (Å²) in [7, 11) is -1.63. The molecule has 6 nitrogen and oxygen atoms in total. The average Bonchev–Trinajstić information content (AvgIpc) is 2.86. The highest BCUT2D eigenvalue weighted by molar-refractivity contribution is 7.91. The molecule has 23 heavy (non-hydrogen) atoms. The molecule has 126 valence electrons. The van der Waals surface area contributed by atoms with Gasteiger partial charge in [0.2, 0.25) is 0 Å². The number of nitrogens with one attached hydrogen (secondary N) is 1. The summed E-state index contributed by atoms with van der Waals surface area (Å²) in [6.45, 7) is 0.307. The molecule has 1 N–H and O–H groups in total. The van der Waals surface area contributed by atoms with Crippen LogP contribution in [-0.4, -0.2) is 56.3 Å². The van der Waals surface area contributed by atoms with E-state index >= 15 is 0 Å². The van der Waals surface area contributed by atoms with Crippen molar-refractivity contribution in [1.82, 2.24) is 10.2 Å². The number of benzene rings is 1. The first-order valence-electron chi connectivity index (χ1n) is 7.28. The van der Waals surface area contributed by atoms with Gasteiger partial charge in [-0.15, -0.1) is 0 Å². The van der Waals surface area contributed by atoms with Crippen molar-refractivity contribution >= 4 is 33.3 Å². The first-order chi connectivity index (χ1) is 10.8. The molecule has 1 unspecified atom stereocenters. The Balaban J connectivity index is 1.82. The van der Waals surface area contributed by atoms with E-state index < -0.39 is 27.7 Å². The van der Waals surface area contributed by atoms with Crippen molar-refractivity contribution in [2.75, 3.05) is 25.1 Å². The van der Waals surface area contributed by atoms with Crippen molar-refractivity contribution in [2.24, 2.45) is 0 Å². The van der Waals surface area contributed by atoms with E-state index in [1.54, 1.807) is 12.1 Å². The molecule has 0 bridgehead atoms. The number of halogens is 1. The van der Waals surface area contributed by atoms with Crippen molar-refractivity contribution < 1.29 is 18.0 Å². The zero-order valence-electron chi connectivity index (χ0n) is 12.8. The number of carbonyl (C=O) groups is 2. The molecule has 1 atom stereocenters. The van der Waals surface area contributed by atoms with Crippen LogP contribution in [-0.2, 0) is 25.8 Å². The molecule has 1 aliphatic rings. The Morgan fingerprint density at radius 1 is 1.39 bits per heavy atom. The fourth-order valence-corrected chi connectivity index (χ4v) is 4.48. The average molecular weight is 359 g/mol. The second kappa shape index (κ2) is 7.31. The topological polar surface area (TPSA) is 83.6 Å². The van der Waals surface area contributed by atoms with Gasteiger partial charge in [0.25, 0.3) is 0 Å². The molecule has 1 saturated heterocycles. The van der Waals surface area contributed by atoms with E-state index in [-0.39, 0.29) is 11.5 Å². The van der Waals surface area contributed by atoms with Gasteiger partial charge in [-0.05, 0) is 30.5 Å². The van der Waals surface area contributed by atoms with Gasteiger partial charge < -0.3 is 10.2 Å². The van der Waals surface area contributed by atoms with Gasteiger partial charge in [-0.25, -0.2) is 8.42 Å². The van der Waals surface area contributed by atoms with E-state index in [1.807, 2.05) is 12.1 Å². The van der Waals surface area contributed by atoms with Gasteiger partial charge in [0.15, 0.2) is 9.84 Å². The normalized spacial score (nSPS) is 19.3. The molecule has 2 amide bonds. The minimum absolute atomic E-state index is 0.0612. The number of sulfone groups is 1. The lowest BCUT2D eigenvalue weighted by molar-refractivity contribution is -0.146. The Labute approximate surface area is 140 Å². The highest BCUT2D eigenvalue weighted by Crippen LogP contribution is 2.16. The SMILES string of the molecule is CN(C(=O)C(=O)NCCc1cccc(Cl)c1)C1CCS(=O)(=O)C1. The van der Waals surface area contributed by atoms with Crippen LogP contribution in [0.25, 0.3) is 0 Å². The summed E-state index contributed by atoms with van der Waals surface area (Å²) < 4.78 is 22.9. The molecule has 1 heterocycles. The Hall–Kier alpha value is -1.60. The maximum atomic E-state index is 12.0. The van der Waals surface area contributed by atoms with E-state index in [9.17, 15) is 18.0 Å². The van der Waals surface area contributed by atoms with Crippen LogP contribution >= 0.6 is 11.6 Å². The van der Waals surface area contributed by atoms with Crippen LogP contribution in [0.1, 0.15) is 12.0 Å². The molecule has 0 aromatic heterocycles. The van der Waals surface area contributed by atoms with Crippen molar-refractivity contribution in [2.45, 2.75) is 18.9 Å². The van der Waals surface area contributed by atoms with Gasteiger partial charge in [0.1, 0.15) is 0 Å². The van der Waals surface area contributed by atoms with Gasteiger partial charge in [-0.2, -0.15) is 0 Å². The molecule has 0 aliphatic carbocycles. The van der Waals surface area contributed by atoms with Crippen molar-refractivity contribution in [3.8, 4) is 0 Å². The van der Waals surface area contributed by atoms with Crippen LogP contribution in [0.3, 0.4) is 0 Å². The van der Waals surface area contributed by atoms with Crippen LogP contribution in [0.4, 0.5) is 0 Å². The lowest BCUT2D eigenvalue weighted by atomic mass is 10.1. The second-order valence-electron chi connectivity index (χ2n) is 5.61. The standard InChI is InChI=1S/C15H19ClN2O4S/c1-18(13-6-8-23(21,22)10-13)15(20)14(19)17-7-5-11-3-2-4-12(16)9-11/h2-4,9,13H,5-8,10H2,1H3,(H,17,19). The summed E-state index contributed by atoms with van der Waals surface area (Å²) in [5.74, 6) is -1.45. The quantitative estimate of drug-likeness (QED) is 0.801. The van der Waals surface area contributed by atoms with Crippen LogP contribution < -0.4 is 5.32 Å². The maximum absolute atomic E-state index is 12.0. The molecule has 8 heteroatoms. The summed E-state index contributed by atoms with van der Waals surface area (Å²) in [4.78, 5) is 25.1. The number of hydrogen-bond acceptors (Lipinski definition) is 4. The van der Waals surface area contributed by atoms with Gasteiger partial charge in [-0.1, -0.05) is 23.7 Å². The summed E-state index contributed by atoms with van der Waals surface area (Å²) in [6, 6.07) is 6.84. The number of nitrogens with zero attached hydrogens (tertiary/aromatic N) is 1. The Morgan fingerprint density at radius 2 is 2.13 bits per heavy atom. The largest absolute Gasteiger partial charge is 0.347 e. The number of rotatable bonds is 4. The third-order valence-corrected chi connectivity index (χ3v) is 5.84. The smallest absolute Gasteiger partial charge is 0.311 e. The van der Waals surface area contributed by atoms with Crippen molar-refractivity contribution in [3.05, 3.63) is 34.9 Å². The fraction of sp³-hybridized carbons (Fsp3) is 0.467. The van der Waals surface area contributed by atoms with Crippen LogP contribution in [0, 0.1) is 0 Å². The lowest BCUT2D eigenvalue weighted by Gasteiger charge is -2.22. The molecule has 1 fully saturated rings. The number of hydrogen-bond donors (Lipinski definition) is 1. The van der Waals surface area contributed by atoms with E-state index in [0.717, 1.165) is 5.56 Å². The van der Waals surface area contributed by atoms with Gasteiger partial charge in [0, 0.05) is 24.7 Å². The van der Waals surface area contributed by atoms with E-state index in [1.165, 1.54) is 11.9 Å². The molecule has 1 aromatic carbocycles. The van der Waals surface area contributed by atoms with Crippen LogP contribution in [0.15, 0.2) is 24.3 Å². The highest BCUT2D eigenvalue weighted by Gasteiger charge is 2.34. The van der Waals surface area contributed by atoms with E-state index in [2.05, 4.69) is 5.32 Å². The van der Waals surface area contributed by atoms with E-state index in [4.69, 9.17) is 11.6 Å². The summed E-state index contributed by atoms with van der Waals surface area (Å²) >= 11 is 5.88. The number of carbonyl (C=O) groups excluding carboxylic acids is 2. The Bertz CT molecular complexity index is 705. The molecule has 0 saturated carbocycles. The first-order valence-corrected chi connectivity index (χ1v) is 9.48. The summed E-state index contributed by atoms with van der Waals surface area (Å²) in [5, 5.41) is 3.17. The minimum atomic E-state index is -3.09. The fourth-order valence-electron chi connectivity index (χ4n) is 2.50. The summed E-state index contributed by atoms with van der Waals surface area (Å²) in [5.41, 5.74) is 0.959. The van der Waals surface area contributed by atoms with Crippen LogP contribution in [0.5, 0.6) is 0 Å². The number of likely N-dealkylation sites (N-methyl/N-ethyl adjacent to an activating group) is 1. The summed E-state index contributed by atoms with van der Waals surface area (Å²) in [6.07, 6.45) is 0.932. The lowest BCUT2D eigenvalue weighted by Crippen LogP contribution is -2.46. The Kier molecular flexibility index (Phi) is 5.64. The van der Waals surface area contributed by atoms with Gasteiger partial charge in [-0.3, -0.25) is 9.59 Å². The monoisotopic (exact) mass is 358 g/mol.